The van der Waals surface area contributed by atoms with E-state index in [2.05, 4.69) is 15.5 Å². The maximum absolute atomic E-state index is 10.6. The van der Waals surface area contributed by atoms with Crippen molar-refractivity contribution in [2.75, 3.05) is 13.2 Å². The van der Waals surface area contributed by atoms with Crippen LogP contribution in [0.25, 0.3) is 0 Å². The molecule has 0 aliphatic heterocycles. The number of carbonyl (C=O) groups excluding carboxylic acids is 1. The molecule has 0 aliphatic rings. The minimum atomic E-state index is -0.427. The number of hydrogen-bond donors (Lipinski definition) is 2. The smallest absolute Gasteiger partial charge is 0.240 e. The first-order valence-corrected chi connectivity index (χ1v) is 5.97. The Hall–Kier alpha value is -1.47. The van der Waals surface area contributed by atoms with Gasteiger partial charge in [-0.3, -0.25) is 10.1 Å². The summed E-state index contributed by atoms with van der Waals surface area (Å²) in [5.41, 5.74) is 5.00. The zero-order chi connectivity index (χ0) is 13.5. The van der Waals surface area contributed by atoms with Crippen molar-refractivity contribution >= 4 is 5.91 Å². The van der Waals surface area contributed by atoms with Crippen molar-refractivity contribution in [1.82, 2.24) is 15.5 Å². The molecule has 1 rings (SSSR count). The van der Waals surface area contributed by atoms with Crippen molar-refractivity contribution in [1.29, 1.82) is 0 Å². The Morgan fingerprint density at radius 2 is 2.28 bits per heavy atom. The molecular weight excluding hydrogens is 236 g/mol. The molecular formula is C11H20N4O3. The van der Waals surface area contributed by atoms with Gasteiger partial charge in [-0.15, -0.1) is 0 Å². The summed E-state index contributed by atoms with van der Waals surface area (Å²) in [7, 11) is 0. The highest BCUT2D eigenvalue weighted by molar-refractivity contribution is 5.75. The highest BCUT2D eigenvalue weighted by atomic mass is 16.5. The van der Waals surface area contributed by atoms with Crippen molar-refractivity contribution in [3.63, 3.8) is 0 Å². The van der Waals surface area contributed by atoms with Crippen molar-refractivity contribution in [2.45, 2.75) is 33.4 Å². The predicted octanol–water partition coefficient (Wildman–Crippen LogP) is 0.378. The lowest BCUT2D eigenvalue weighted by atomic mass is 10.1. The summed E-state index contributed by atoms with van der Waals surface area (Å²) in [6.07, 6.45) is -0.177. The fourth-order valence-electron chi connectivity index (χ4n) is 1.49. The molecule has 3 N–H and O–H groups in total. The third-order valence-electron chi connectivity index (χ3n) is 2.27. The van der Waals surface area contributed by atoms with Crippen LogP contribution in [0.4, 0.5) is 0 Å². The average Bonchev–Trinajstić information content (AvgIpc) is 2.73. The van der Waals surface area contributed by atoms with Gasteiger partial charge in [-0.25, -0.2) is 0 Å². The van der Waals surface area contributed by atoms with Crippen molar-refractivity contribution in [3.05, 3.63) is 11.7 Å². The number of nitrogens with zero attached hydrogens (tertiary/aromatic N) is 2. The molecule has 0 spiro atoms. The molecule has 0 aromatic carbocycles. The molecule has 0 radical (unpaired) electrons. The lowest BCUT2D eigenvalue weighted by Crippen LogP contribution is -2.28. The summed E-state index contributed by atoms with van der Waals surface area (Å²) < 4.78 is 10.6. The third kappa shape index (κ3) is 4.42. The van der Waals surface area contributed by atoms with E-state index < -0.39 is 5.91 Å². The van der Waals surface area contributed by atoms with Gasteiger partial charge in [-0.1, -0.05) is 19.0 Å². The van der Waals surface area contributed by atoms with Gasteiger partial charge in [0.1, 0.15) is 6.10 Å². The summed E-state index contributed by atoms with van der Waals surface area (Å²) in [4.78, 5) is 14.8. The zero-order valence-corrected chi connectivity index (χ0v) is 11.0. The van der Waals surface area contributed by atoms with Crippen LogP contribution in [-0.2, 0) is 16.1 Å². The lowest BCUT2D eigenvalue weighted by molar-refractivity contribution is -0.117. The van der Waals surface area contributed by atoms with Gasteiger partial charge in [-0.05, 0) is 12.8 Å². The van der Waals surface area contributed by atoms with Crippen LogP contribution in [-0.4, -0.2) is 29.2 Å². The SMILES string of the molecule is CCOC(c1noc(CNCC(N)=O)n1)C(C)C. The Kier molecular flexibility index (Phi) is 5.73. The highest BCUT2D eigenvalue weighted by Crippen LogP contribution is 2.22. The Morgan fingerprint density at radius 3 is 2.83 bits per heavy atom. The molecule has 0 bridgehead atoms. The van der Waals surface area contributed by atoms with Gasteiger partial charge in [0.2, 0.25) is 17.6 Å². The second kappa shape index (κ2) is 7.07. The molecule has 1 atom stereocenters. The fourth-order valence-corrected chi connectivity index (χ4v) is 1.49. The quantitative estimate of drug-likeness (QED) is 0.697. The molecule has 1 heterocycles. The maximum Gasteiger partial charge on any atom is 0.240 e. The first kappa shape index (κ1) is 14.6. The number of carbonyl (C=O) groups is 1. The van der Waals surface area contributed by atoms with Crippen LogP contribution in [0.2, 0.25) is 0 Å². The number of nitrogens with one attached hydrogen (secondary N) is 1. The Labute approximate surface area is 106 Å². The monoisotopic (exact) mass is 256 g/mol. The molecule has 0 saturated heterocycles. The standard InChI is InChI=1S/C11H20N4O3/c1-4-17-10(7(2)3)11-14-9(18-15-11)6-13-5-8(12)16/h7,10,13H,4-6H2,1-3H3,(H2,12,16). The van der Waals surface area contributed by atoms with Gasteiger partial charge >= 0.3 is 0 Å². The van der Waals surface area contributed by atoms with Gasteiger partial charge < -0.3 is 15.0 Å². The number of hydrogen-bond acceptors (Lipinski definition) is 6. The summed E-state index contributed by atoms with van der Waals surface area (Å²) in [5, 5.41) is 6.69. The Morgan fingerprint density at radius 1 is 1.56 bits per heavy atom. The predicted molar refractivity (Wildman–Crippen MR) is 64.4 cm³/mol. The average molecular weight is 256 g/mol. The van der Waals surface area contributed by atoms with E-state index in [1.54, 1.807) is 0 Å². The van der Waals surface area contributed by atoms with Crippen molar-refractivity contribution < 1.29 is 14.1 Å². The minimum absolute atomic E-state index is 0.0801. The molecule has 18 heavy (non-hydrogen) atoms. The Bertz CT molecular complexity index is 378. The van der Waals surface area contributed by atoms with Crippen LogP contribution < -0.4 is 11.1 Å². The fraction of sp³-hybridized carbons (Fsp3) is 0.727. The van der Waals surface area contributed by atoms with E-state index in [0.717, 1.165) is 0 Å². The summed E-state index contributed by atoms with van der Waals surface area (Å²) in [6.45, 7) is 6.96. The molecule has 7 heteroatoms. The molecule has 0 aliphatic carbocycles. The summed E-state index contributed by atoms with van der Waals surface area (Å²) >= 11 is 0. The van der Waals surface area contributed by atoms with E-state index in [9.17, 15) is 4.79 Å². The number of primary amides is 1. The van der Waals surface area contributed by atoms with E-state index in [4.69, 9.17) is 15.0 Å². The van der Waals surface area contributed by atoms with Crippen molar-refractivity contribution in [3.8, 4) is 0 Å². The third-order valence-corrected chi connectivity index (χ3v) is 2.27. The lowest BCUT2D eigenvalue weighted by Gasteiger charge is -2.16. The molecule has 0 fully saturated rings. The van der Waals surface area contributed by atoms with Crippen LogP contribution in [0.3, 0.4) is 0 Å². The molecule has 102 valence electrons. The molecule has 1 amide bonds. The molecule has 0 saturated carbocycles. The largest absolute Gasteiger partial charge is 0.370 e. The first-order valence-electron chi connectivity index (χ1n) is 5.97. The summed E-state index contributed by atoms with van der Waals surface area (Å²) in [6, 6.07) is 0. The number of ether oxygens (including phenoxy) is 1. The second-order valence-electron chi connectivity index (χ2n) is 4.24. The summed E-state index contributed by atoms with van der Waals surface area (Å²) in [5.74, 6) is 0.775. The number of amides is 1. The number of nitrogens with two attached hydrogens (primary N) is 1. The van der Waals surface area contributed by atoms with Crippen LogP contribution in [0.5, 0.6) is 0 Å². The molecule has 1 aromatic heterocycles. The number of rotatable bonds is 8. The normalized spacial score (nSPS) is 12.9. The maximum atomic E-state index is 10.6. The van der Waals surface area contributed by atoms with Gasteiger partial charge in [0, 0.05) is 6.61 Å². The van der Waals surface area contributed by atoms with Gasteiger partial charge in [0.25, 0.3) is 0 Å². The van der Waals surface area contributed by atoms with E-state index >= 15 is 0 Å². The highest BCUT2D eigenvalue weighted by Gasteiger charge is 2.21. The van der Waals surface area contributed by atoms with Crippen LogP contribution in [0.1, 0.15) is 38.6 Å². The first-order chi connectivity index (χ1) is 8.54. The molecule has 7 nitrogen and oxygen atoms in total. The molecule has 1 unspecified atom stereocenters. The van der Waals surface area contributed by atoms with E-state index in [1.165, 1.54) is 0 Å². The van der Waals surface area contributed by atoms with E-state index in [0.29, 0.717) is 24.9 Å². The topological polar surface area (TPSA) is 103 Å². The number of aromatic nitrogens is 2. The van der Waals surface area contributed by atoms with E-state index in [1.807, 2.05) is 20.8 Å². The molecule has 1 aromatic rings. The van der Waals surface area contributed by atoms with Crippen molar-refractivity contribution in [2.24, 2.45) is 11.7 Å². The van der Waals surface area contributed by atoms with Gasteiger partial charge in [0.05, 0.1) is 13.1 Å². The van der Waals surface area contributed by atoms with Crippen LogP contribution >= 0.6 is 0 Å². The van der Waals surface area contributed by atoms with Gasteiger partial charge in [-0.2, -0.15) is 4.98 Å². The second-order valence-corrected chi connectivity index (χ2v) is 4.24. The van der Waals surface area contributed by atoms with Crippen LogP contribution in [0, 0.1) is 5.92 Å². The Balaban J connectivity index is 2.57. The zero-order valence-electron chi connectivity index (χ0n) is 11.0. The van der Waals surface area contributed by atoms with Crippen LogP contribution in [0.15, 0.2) is 4.52 Å². The van der Waals surface area contributed by atoms with E-state index in [-0.39, 0.29) is 18.6 Å². The van der Waals surface area contributed by atoms with Gasteiger partial charge in [0.15, 0.2) is 0 Å². The minimum Gasteiger partial charge on any atom is -0.370 e.